The van der Waals surface area contributed by atoms with Crippen LogP contribution in [0, 0.1) is 0 Å². The number of alkyl halides is 3. The van der Waals surface area contributed by atoms with Crippen LogP contribution in [0.25, 0.3) is 0 Å². The smallest absolute Gasteiger partial charge is 0.387 e. The molecule has 0 fully saturated rings. The van der Waals surface area contributed by atoms with Crippen LogP contribution in [-0.2, 0) is 11.2 Å². The molecule has 0 heterocycles. The molecule has 1 atom stereocenters. The summed E-state index contributed by atoms with van der Waals surface area (Å²) in [7, 11) is 0. The zero-order chi connectivity index (χ0) is 14.4. The minimum absolute atomic E-state index is 0.0160. The van der Waals surface area contributed by atoms with E-state index >= 15 is 0 Å². The molecule has 0 radical (unpaired) electrons. The molecular weight excluding hydrogens is 282 g/mol. The number of aliphatic carboxylic acids is 1. The molecule has 1 aromatic rings. The first-order chi connectivity index (χ1) is 8.95. The SMILES string of the molecule is O=C(O)C(O)c1ccc(CCCCl)c(OC(F)F)c1. The van der Waals surface area contributed by atoms with E-state index in [1.807, 2.05) is 0 Å². The number of halogens is 3. The van der Waals surface area contributed by atoms with Gasteiger partial charge in [-0.3, -0.25) is 0 Å². The second kappa shape index (κ2) is 7.25. The Hall–Kier alpha value is -1.40. The topological polar surface area (TPSA) is 66.8 Å². The van der Waals surface area contributed by atoms with Crippen molar-refractivity contribution in [2.45, 2.75) is 25.6 Å². The van der Waals surface area contributed by atoms with E-state index in [0.717, 1.165) is 6.07 Å². The Balaban J connectivity index is 3.03. The van der Waals surface area contributed by atoms with Crippen LogP contribution in [0.3, 0.4) is 0 Å². The van der Waals surface area contributed by atoms with Crippen molar-refractivity contribution in [3.8, 4) is 5.75 Å². The summed E-state index contributed by atoms with van der Waals surface area (Å²) in [5, 5.41) is 18.0. The highest BCUT2D eigenvalue weighted by Crippen LogP contribution is 2.27. The number of carbonyl (C=O) groups is 1. The number of hydrogen-bond donors (Lipinski definition) is 2. The lowest BCUT2D eigenvalue weighted by atomic mass is 10.0. The molecule has 4 nitrogen and oxygen atoms in total. The van der Waals surface area contributed by atoms with Gasteiger partial charge in [-0.25, -0.2) is 4.79 Å². The average molecular weight is 295 g/mol. The van der Waals surface area contributed by atoms with Gasteiger partial charge in [0.25, 0.3) is 0 Å². The van der Waals surface area contributed by atoms with Crippen LogP contribution >= 0.6 is 11.6 Å². The summed E-state index contributed by atoms with van der Waals surface area (Å²) in [4.78, 5) is 10.6. The third kappa shape index (κ3) is 4.65. The zero-order valence-corrected chi connectivity index (χ0v) is 10.6. The fraction of sp³-hybridized carbons (Fsp3) is 0.417. The molecule has 0 saturated carbocycles. The number of aliphatic hydroxyl groups is 1. The molecule has 0 bridgehead atoms. The Bertz CT molecular complexity index is 440. The molecule has 106 valence electrons. The molecule has 1 unspecified atom stereocenters. The van der Waals surface area contributed by atoms with E-state index in [0.29, 0.717) is 24.3 Å². The van der Waals surface area contributed by atoms with Crippen molar-refractivity contribution < 1.29 is 28.5 Å². The van der Waals surface area contributed by atoms with Gasteiger partial charge in [-0.15, -0.1) is 11.6 Å². The third-order valence-electron chi connectivity index (χ3n) is 2.44. The fourth-order valence-corrected chi connectivity index (χ4v) is 1.69. The average Bonchev–Trinajstić information content (AvgIpc) is 2.35. The Morgan fingerprint density at radius 2 is 2.11 bits per heavy atom. The Labute approximate surface area is 113 Å². The molecule has 0 aliphatic rings. The molecular formula is C12H13ClF2O4. The van der Waals surface area contributed by atoms with Crippen molar-refractivity contribution in [1.29, 1.82) is 0 Å². The molecule has 0 spiro atoms. The number of benzene rings is 1. The number of carboxylic acids is 1. The van der Waals surface area contributed by atoms with Gasteiger partial charge >= 0.3 is 12.6 Å². The molecule has 1 aromatic carbocycles. The monoisotopic (exact) mass is 294 g/mol. The highest BCUT2D eigenvalue weighted by molar-refractivity contribution is 6.17. The Morgan fingerprint density at radius 1 is 1.42 bits per heavy atom. The maximum absolute atomic E-state index is 12.3. The van der Waals surface area contributed by atoms with Crippen molar-refractivity contribution in [2.75, 3.05) is 5.88 Å². The van der Waals surface area contributed by atoms with E-state index in [1.165, 1.54) is 12.1 Å². The van der Waals surface area contributed by atoms with Crippen LogP contribution in [0.15, 0.2) is 18.2 Å². The quantitative estimate of drug-likeness (QED) is 0.759. The second-order valence-electron chi connectivity index (χ2n) is 3.78. The molecule has 0 aliphatic heterocycles. The van der Waals surface area contributed by atoms with Crippen molar-refractivity contribution in [3.05, 3.63) is 29.3 Å². The zero-order valence-electron chi connectivity index (χ0n) is 9.85. The largest absolute Gasteiger partial charge is 0.479 e. The summed E-state index contributed by atoms with van der Waals surface area (Å²) in [5.74, 6) is -1.23. The first-order valence-corrected chi connectivity index (χ1v) is 6.03. The van der Waals surface area contributed by atoms with Crippen LogP contribution in [-0.4, -0.2) is 28.7 Å². The molecule has 7 heteroatoms. The molecule has 19 heavy (non-hydrogen) atoms. The van der Waals surface area contributed by atoms with E-state index in [9.17, 15) is 18.7 Å². The highest BCUT2D eigenvalue weighted by atomic mass is 35.5. The summed E-state index contributed by atoms with van der Waals surface area (Å²) in [6.45, 7) is -3.02. The Kier molecular flexibility index (Phi) is 5.98. The van der Waals surface area contributed by atoms with Crippen LogP contribution in [0.5, 0.6) is 5.75 Å². The van der Waals surface area contributed by atoms with Gasteiger partial charge in [0.15, 0.2) is 6.10 Å². The van der Waals surface area contributed by atoms with Gasteiger partial charge < -0.3 is 14.9 Å². The number of aliphatic hydroxyl groups excluding tert-OH is 1. The minimum Gasteiger partial charge on any atom is -0.479 e. The van der Waals surface area contributed by atoms with E-state index in [1.54, 1.807) is 0 Å². The van der Waals surface area contributed by atoms with E-state index in [4.69, 9.17) is 16.7 Å². The van der Waals surface area contributed by atoms with Crippen molar-refractivity contribution in [3.63, 3.8) is 0 Å². The van der Waals surface area contributed by atoms with Crippen LogP contribution in [0.4, 0.5) is 8.78 Å². The second-order valence-corrected chi connectivity index (χ2v) is 4.16. The normalized spacial score (nSPS) is 12.5. The van der Waals surface area contributed by atoms with Crippen molar-refractivity contribution >= 4 is 17.6 Å². The predicted molar refractivity (Wildman–Crippen MR) is 64.7 cm³/mol. The van der Waals surface area contributed by atoms with Gasteiger partial charge in [-0.05, 0) is 30.0 Å². The van der Waals surface area contributed by atoms with E-state index < -0.39 is 18.7 Å². The molecule has 1 rings (SSSR count). The van der Waals surface area contributed by atoms with Gasteiger partial charge in [-0.2, -0.15) is 8.78 Å². The lowest BCUT2D eigenvalue weighted by Crippen LogP contribution is -2.12. The van der Waals surface area contributed by atoms with Gasteiger partial charge in [0, 0.05) is 5.88 Å². The van der Waals surface area contributed by atoms with E-state index in [2.05, 4.69) is 4.74 Å². The van der Waals surface area contributed by atoms with E-state index in [-0.39, 0.29) is 11.3 Å². The summed E-state index contributed by atoms with van der Waals surface area (Å²) >= 11 is 5.53. The minimum atomic E-state index is -3.02. The number of carboxylic acid groups (broad SMARTS) is 1. The van der Waals surface area contributed by atoms with Crippen molar-refractivity contribution in [1.82, 2.24) is 0 Å². The summed E-state index contributed by atoms with van der Waals surface area (Å²) in [6.07, 6.45) is -0.779. The first-order valence-electron chi connectivity index (χ1n) is 5.50. The van der Waals surface area contributed by atoms with Gasteiger partial charge in [0.2, 0.25) is 0 Å². The summed E-state index contributed by atoms with van der Waals surface area (Å²) in [6, 6.07) is 3.92. The van der Waals surface area contributed by atoms with Gasteiger partial charge in [-0.1, -0.05) is 12.1 Å². The number of aryl methyl sites for hydroxylation is 1. The van der Waals surface area contributed by atoms with Gasteiger partial charge in [0.1, 0.15) is 5.75 Å². The summed E-state index contributed by atoms with van der Waals surface area (Å²) < 4.78 is 28.9. The lowest BCUT2D eigenvalue weighted by Gasteiger charge is -2.13. The first kappa shape index (κ1) is 15.7. The number of hydrogen-bond acceptors (Lipinski definition) is 3. The highest BCUT2D eigenvalue weighted by Gasteiger charge is 2.19. The molecule has 0 aliphatic carbocycles. The maximum atomic E-state index is 12.3. The summed E-state index contributed by atoms with van der Waals surface area (Å²) in [5.41, 5.74) is 0.472. The molecule has 0 amide bonds. The van der Waals surface area contributed by atoms with Crippen LogP contribution < -0.4 is 4.74 Å². The molecule has 0 aromatic heterocycles. The standard InChI is InChI=1S/C12H13ClF2O4/c13-5-1-2-7-3-4-8(10(16)11(17)18)6-9(7)19-12(14)15/h3-4,6,10,12,16H,1-2,5H2,(H,17,18). The Morgan fingerprint density at radius 3 is 2.63 bits per heavy atom. The van der Waals surface area contributed by atoms with Crippen LogP contribution in [0.2, 0.25) is 0 Å². The predicted octanol–water partition coefficient (Wildman–Crippen LogP) is 2.58. The number of ether oxygens (including phenoxy) is 1. The lowest BCUT2D eigenvalue weighted by molar-refractivity contribution is -0.146. The fourth-order valence-electron chi connectivity index (χ4n) is 1.55. The maximum Gasteiger partial charge on any atom is 0.387 e. The molecule has 2 N–H and O–H groups in total. The molecule has 0 saturated heterocycles. The number of rotatable bonds is 7. The van der Waals surface area contributed by atoms with Crippen molar-refractivity contribution in [2.24, 2.45) is 0 Å². The van der Waals surface area contributed by atoms with Gasteiger partial charge in [0.05, 0.1) is 0 Å². The van der Waals surface area contributed by atoms with Crippen LogP contribution in [0.1, 0.15) is 23.7 Å². The third-order valence-corrected chi connectivity index (χ3v) is 2.70.